The monoisotopic (exact) mass is 287 g/mol. The van der Waals surface area contributed by atoms with Crippen LogP contribution in [0.1, 0.15) is 89.9 Å². The lowest BCUT2D eigenvalue weighted by Crippen LogP contribution is -2.12. The van der Waals surface area contributed by atoms with Crippen molar-refractivity contribution in [3.05, 3.63) is 0 Å². The molecule has 0 aliphatic heterocycles. The second-order valence-corrected chi connectivity index (χ2v) is 6.44. The van der Waals surface area contributed by atoms with E-state index in [1.807, 2.05) is 0 Å². The summed E-state index contributed by atoms with van der Waals surface area (Å²) in [7, 11) is 4.31. The molecule has 0 N–H and O–H groups in total. The van der Waals surface area contributed by atoms with Gasteiger partial charge in [-0.25, -0.2) is 0 Å². The average Bonchev–Trinajstić information content (AvgIpc) is 2.43. The van der Waals surface area contributed by atoms with Crippen LogP contribution in [-0.4, -0.2) is 32.2 Å². The minimum absolute atomic E-state index is 0.130. The van der Waals surface area contributed by atoms with Crippen LogP contribution in [0.3, 0.4) is 0 Å². The van der Waals surface area contributed by atoms with E-state index in [-0.39, 0.29) is 6.67 Å². The van der Waals surface area contributed by atoms with Gasteiger partial charge in [-0.15, -0.1) is 0 Å². The maximum atomic E-state index is 11.9. The Hall–Kier alpha value is -0.110. The normalized spacial score (nSPS) is 11.4. The highest BCUT2D eigenvalue weighted by atomic mass is 19.1. The van der Waals surface area contributed by atoms with Crippen molar-refractivity contribution in [2.75, 3.05) is 27.3 Å². The van der Waals surface area contributed by atoms with Crippen molar-refractivity contribution in [1.29, 1.82) is 0 Å². The van der Waals surface area contributed by atoms with E-state index in [1.165, 1.54) is 83.6 Å². The van der Waals surface area contributed by atoms with Crippen LogP contribution in [0.2, 0.25) is 0 Å². The van der Waals surface area contributed by atoms with Crippen molar-refractivity contribution in [2.45, 2.75) is 89.9 Å². The molecule has 0 saturated heterocycles. The number of rotatable bonds is 16. The molecule has 0 fully saturated rings. The highest BCUT2D eigenvalue weighted by molar-refractivity contribution is 4.50. The number of unbranched alkanes of at least 4 members (excludes halogenated alkanes) is 13. The molecule has 0 spiro atoms. The molecule has 0 saturated carbocycles. The van der Waals surface area contributed by atoms with Gasteiger partial charge in [0.25, 0.3) is 0 Å². The molecule has 0 aromatic rings. The van der Waals surface area contributed by atoms with Crippen molar-refractivity contribution in [3.63, 3.8) is 0 Å². The van der Waals surface area contributed by atoms with Crippen molar-refractivity contribution in [1.82, 2.24) is 4.90 Å². The van der Waals surface area contributed by atoms with E-state index in [2.05, 4.69) is 19.0 Å². The summed E-state index contributed by atoms with van der Waals surface area (Å²) in [5, 5.41) is 0. The predicted molar refractivity (Wildman–Crippen MR) is 89.2 cm³/mol. The van der Waals surface area contributed by atoms with Crippen LogP contribution in [-0.2, 0) is 0 Å². The van der Waals surface area contributed by atoms with Gasteiger partial charge in [-0.3, -0.25) is 4.39 Å². The predicted octanol–water partition coefficient (Wildman–Crippen LogP) is 5.98. The summed E-state index contributed by atoms with van der Waals surface area (Å²) >= 11 is 0. The van der Waals surface area contributed by atoms with E-state index < -0.39 is 0 Å². The van der Waals surface area contributed by atoms with Gasteiger partial charge in [-0.2, -0.15) is 0 Å². The van der Waals surface area contributed by atoms with Crippen LogP contribution >= 0.6 is 0 Å². The zero-order valence-corrected chi connectivity index (χ0v) is 14.1. The SMILES string of the molecule is CN(C)CCCCCCCCCCCCCCCCF. The van der Waals surface area contributed by atoms with Crippen LogP contribution in [0, 0.1) is 0 Å². The Bertz CT molecular complexity index is 171. The molecule has 1 nitrogen and oxygen atoms in total. The summed E-state index contributed by atoms with van der Waals surface area (Å²) in [6.07, 6.45) is 18.4. The Morgan fingerprint density at radius 2 is 0.800 bits per heavy atom. The van der Waals surface area contributed by atoms with Crippen LogP contribution in [0.15, 0.2) is 0 Å². The fourth-order valence-electron chi connectivity index (χ4n) is 2.64. The molecule has 0 aromatic carbocycles. The van der Waals surface area contributed by atoms with Crippen molar-refractivity contribution in [3.8, 4) is 0 Å². The second-order valence-electron chi connectivity index (χ2n) is 6.44. The molecule has 0 heterocycles. The number of nitrogens with zero attached hydrogens (tertiary/aromatic N) is 1. The molecule has 0 aliphatic rings. The van der Waals surface area contributed by atoms with Crippen molar-refractivity contribution < 1.29 is 4.39 Å². The van der Waals surface area contributed by atoms with Gasteiger partial charge < -0.3 is 4.90 Å². The third-order valence-corrected chi connectivity index (χ3v) is 3.99. The maximum absolute atomic E-state index is 11.9. The van der Waals surface area contributed by atoms with Gasteiger partial charge in [-0.1, -0.05) is 77.0 Å². The Balaban J connectivity index is 2.92. The van der Waals surface area contributed by atoms with Crippen LogP contribution in [0.4, 0.5) is 4.39 Å². The van der Waals surface area contributed by atoms with E-state index in [9.17, 15) is 4.39 Å². The summed E-state index contributed by atoms with van der Waals surface area (Å²) in [5.74, 6) is 0. The lowest BCUT2D eigenvalue weighted by atomic mass is 10.0. The first-order valence-electron chi connectivity index (χ1n) is 8.98. The molecule has 0 aliphatic carbocycles. The van der Waals surface area contributed by atoms with Crippen molar-refractivity contribution >= 4 is 0 Å². The quantitative estimate of drug-likeness (QED) is 0.316. The standard InChI is InChI=1S/C18H38FN/c1-20(2)18-16-14-12-10-8-6-4-3-5-7-9-11-13-15-17-19/h3-18H2,1-2H3. The van der Waals surface area contributed by atoms with E-state index in [1.54, 1.807) is 0 Å². The molecule has 0 rings (SSSR count). The summed E-state index contributed by atoms with van der Waals surface area (Å²) in [6.45, 7) is 1.11. The van der Waals surface area contributed by atoms with Gasteiger partial charge >= 0.3 is 0 Å². The summed E-state index contributed by atoms with van der Waals surface area (Å²) in [6, 6.07) is 0. The highest BCUT2D eigenvalue weighted by Crippen LogP contribution is 2.13. The van der Waals surface area contributed by atoms with Gasteiger partial charge in [0.2, 0.25) is 0 Å². The van der Waals surface area contributed by atoms with Gasteiger partial charge in [0.15, 0.2) is 0 Å². The summed E-state index contributed by atoms with van der Waals surface area (Å²) in [5.41, 5.74) is 0. The first-order chi connectivity index (χ1) is 9.77. The highest BCUT2D eigenvalue weighted by Gasteiger charge is 1.95. The first-order valence-corrected chi connectivity index (χ1v) is 8.98. The Morgan fingerprint density at radius 3 is 1.10 bits per heavy atom. The average molecular weight is 288 g/mol. The van der Waals surface area contributed by atoms with Gasteiger partial charge in [0.05, 0.1) is 6.67 Å². The Morgan fingerprint density at radius 1 is 0.500 bits per heavy atom. The molecule has 0 bridgehead atoms. The van der Waals surface area contributed by atoms with E-state index in [0.29, 0.717) is 0 Å². The van der Waals surface area contributed by atoms with Crippen molar-refractivity contribution in [2.24, 2.45) is 0 Å². The zero-order valence-electron chi connectivity index (χ0n) is 14.1. The number of halogens is 1. The topological polar surface area (TPSA) is 3.24 Å². The Labute approximate surface area is 127 Å². The molecule has 0 aromatic heterocycles. The number of hydrogen-bond donors (Lipinski definition) is 0. The maximum Gasteiger partial charge on any atom is 0.0894 e. The fourth-order valence-corrected chi connectivity index (χ4v) is 2.64. The first kappa shape index (κ1) is 19.9. The van der Waals surface area contributed by atoms with Crippen LogP contribution < -0.4 is 0 Å². The van der Waals surface area contributed by atoms with E-state index in [0.717, 1.165) is 12.8 Å². The largest absolute Gasteiger partial charge is 0.309 e. The lowest BCUT2D eigenvalue weighted by Gasteiger charge is -2.08. The fraction of sp³-hybridized carbons (Fsp3) is 1.00. The van der Waals surface area contributed by atoms with Gasteiger partial charge in [-0.05, 0) is 33.5 Å². The molecule has 2 heteroatoms. The van der Waals surface area contributed by atoms with Gasteiger partial charge in [0, 0.05) is 0 Å². The zero-order chi connectivity index (χ0) is 14.9. The minimum Gasteiger partial charge on any atom is -0.309 e. The third-order valence-electron chi connectivity index (χ3n) is 3.99. The molecule has 0 atom stereocenters. The number of hydrogen-bond acceptors (Lipinski definition) is 1. The molecule has 122 valence electrons. The van der Waals surface area contributed by atoms with E-state index >= 15 is 0 Å². The molecule has 0 amide bonds. The Kier molecular flexibility index (Phi) is 16.8. The summed E-state index contributed by atoms with van der Waals surface area (Å²) < 4.78 is 11.9. The van der Waals surface area contributed by atoms with Crippen LogP contribution in [0.5, 0.6) is 0 Å². The smallest absolute Gasteiger partial charge is 0.0894 e. The van der Waals surface area contributed by atoms with Crippen LogP contribution in [0.25, 0.3) is 0 Å². The number of alkyl halides is 1. The third kappa shape index (κ3) is 17.9. The lowest BCUT2D eigenvalue weighted by molar-refractivity contribution is 0.389. The second kappa shape index (κ2) is 16.9. The van der Waals surface area contributed by atoms with E-state index in [4.69, 9.17) is 0 Å². The molecular formula is C18H38FN. The molecule has 0 unspecified atom stereocenters. The molecule has 0 radical (unpaired) electrons. The van der Waals surface area contributed by atoms with Gasteiger partial charge in [0.1, 0.15) is 0 Å². The molecule has 20 heavy (non-hydrogen) atoms. The summed E-state index contributed by atoms with van der Waals surface area (Å²) in [4.78, 5) is 2.28. The minimum atomic E-state index is -0.130. The molecular weight excluding hydrogens is 249 g/mol.